The molecule has 0 radical (unpaired) electrons. The van der Waals surface area contributed by atoms with Gasteiger partial charge < -0.3 is 11.1 Å². The third kappa shape index (κ3) is 2.05. The van der Waals surface area contributed by atoms with Crippen LogP contribution in [0.4, 0.5) is 0 Å². The van der Waals surface area contributed by atoms with Crippen LogP contribution in [-0.4, -0.2) is 18.1 Å². The van der Waals surface area contributed by atoms with Crippen LogP contribution in [-0.2, 0) is 0 Å². The molecule has 76 valence electrons. The standard InChI is InChI=1S/C11H22N2/c1-2-9-5-6-11(7-9,8-12)13-10-3-4-10/h9-10,13H,2-8,12H2,1H3. The van der Waals surface area contributed by atoms with Crippen molar-refractivity contribution in [3.63, 3.8) is 0 Å². The molecule has 0 aromatic heterocycles. The quantitative estimate of drug-likeness (QED) is 0.693. The molecule has 13 heavy (non-hydrogen) atoms. The van der Waals surface area contributed by atoms with E-state index in [2.05, 4.69) is 12.2 Å². The number of nitrogens with one attached hydrogen (secondary N) is 1. The van der Waals surface area contributed by atoms with Crippen molar-refractivity contribution in [3.8, 4) is 0 Å². The Morgan fingerprint density at radius 1 is 1.38 bits per heavy atom. The maximum absolute atomic E-state index is 5.90. The fourth-order valence-corrected chi connectivity index (χ4v) is 2.62. The van der Waals surface area contributed by atoms with E-state index in [0.29, 0.717) is 5.54 Å². The summed E-state index contributed by atoms with van der Waals surface area (Å²) in [6.07, 6.45) is 8.08. The van der Waals surface area contributed by atoms with Gasteiger partial charge in [0.2, 0.25) is 0 Å². The second-order valence-electron chi connectivity index (χ2n) is 4.92. The summed E-state index contributed by atoms with van der Waals surface area (Å²) in [5.41, 5.74) is 6.22. The molecule has 2 fully saturated rings. The lowest BCUT2D eigenvalue weighted by atomic mass is 9.95. The monoisotopic (exact) mass is 182 g/mol. The summed E-state index contributed by atoms with van der Waals surface area (Å²) in [7, 11) is 0. The molecule has 2 saturated carbocycles. The predicted molar refractivity (Wildman–Crippen MR) is 55.6 cm³/mol. The summed E-state index contributed by atoms with van der Waals surface area (Å²) in [6.45, 7) is 3.13. The maximum atomic E-state index is 5.90. The highest BCUT2D eigenvalue weighted by Crippen LogP contribution is 2.38. The molecule has 2 unspecified atom stereocenters. The van der Waals surface area contributed by atoms with Crippen molar-refractivity contribution in [2.24, 2.45) is 11.7 Å². The number of hydrogen-bond acceptors (Lipinski definition) is 2. The number of nitrogens with two attached hydrogens (primary N) is 1. The summed E-state index contributed by atoms with van der Waals surface area (Å²) in [5.74, 6) is 0.926. The molecular weight excluding hydrogens is 160 g/mol. The molecule has 0 bridgehead atoms. The number of rotatable bonds is 4. The van der Waals surface area contributed by atoms with Gasteiger partial charge in [0.1, 0.15) is 0 Å². The van der Waals surface area contributed by atoms with Gasteiger partial charge in [-0.15, -0.1) is 0 Å². The smallest absolute Gasteiger partial charge is 0.0309 e. The molecule has 3 N–H and O–H groups in total. The molecule has 0 aliphatic heterocycles. The zero-order valence-corrected chi connectivity index (χ0v) is 8.68. The minimum Gasteiger partial charge on any atom is -0.329 e. The molecule has 0 heterocycles. The third-order valence-electron chi connectivity index (χ3n) is 3.77. The molecule has 0 aromatic rings. The van der Waals surface area contributed by atoms with Crippen molar-refractivity contribution in [2.75, 3.05) is 6.54 Å². The van der Waals surface area contributed by atoms with E-state index in [1.54, 1.807) is 0 Å². The highest BCUT2D eigenvalue weighted by atomic mass is 15.1. The van der Waals surface area contributed by atoms with Crippen LogP contribution in [0.2, 0.25) is 0 Å². The SMILES string of the molecule is CCC1CCC(CN)(NC2CC2)C1. The van der Waals surface area contributed by atoms with E-state index in [1.807, 2.05) is 0 Å². The second-order valence-corrected chi connectivity index (χ2v) is 4.92. The molecule has 2 heteroatoms. The highest BCUT2D eigenvalue weighted by molar-refractivity contribution is 5.01. The van der Waals surface area contributed by atoms with Crippen LogP contribution in [0.15, 0.2) is 0 Å². The van der Waals surface area contributed by atoms with Crippen LogP contribution < -0.4 is 11.1 Å². The molecule has 2 aliphatic rings. The predicted octanol–water partition coefficient (Wildman–Crippen LogP) is 1.65. The van der Waals surface area contributed by atoms with Crippen LogP contribution in [0.3, 0.4) is 0 Å². The largest absolute Gasteiger partial charge is 0.329 e. The Kier molecular flexibility index (Phi) is 2.61. The average molecular weight is 182 g/mol. The van der Waals surface area contributed by atoms with Gasteiger partial charge in [0.25, 0.3) is 0 Å². The van der Waals surface area contributed by atoms with E-state index < -0.39 is 0 Å². The van der Waals surface area contributed by atoms with Crippen molar-refractivity contribution >= 4 is 0 Å². The third-order valence-corrected chi connectivity index (χ3v) is 3.77. The van der Waals surface area contributed by atoms with Crippen molar-refractivity contribution in [2.45, 2.75) is 57.0 Å². The van der Waals surface area contributed by atoms with Crippen molar-refractivity contribution in [1.82, 2.24) is 5.32 Å². The van der Waals surface area contributed by atoms with E-state index in [4.69, 9.17) is 5.73 Å². The molecule has 2 rings (SSSR count). The molecular formula is C11H22N2. The molecule has 0 amide bonds. The van der Waals surface area contributed by atoms with E-state index in [1.165, 1.54) is 38.5 Å². The number of hydrogen-bond donors (Lipinski definition) is 2. The van der Waals surface area contributed by atoms with Crippen LogP contribution in [0.25, 0.3) is 0 Å². The molecule has 2 atom stereocenters. The first-order valence-corrected chi connectivity index (χ1v) is 5.76. The van der Waals surface area contributed by atoms with Gasteiger partial charge in [-0.2, -0.15) is 0 Å². The van der Waals surface area contributed by atoms with E-state index >= 15 is 0 Å². The zero-order chi connectivity index (χ0) is 9.31. The van der Waals surface area contributed by atoms with Gasteiger partial charge in [0.15, 0.2) is 0 Å². The Labute approximate surface area is 81.3 Å². The minimum atomic E-state index is 0.321. The fourth-order valence-electron chi connectivity index (χ4n) is 2.62. The van der Waals surface area contributed by atoms with Crippen molar-refractivity contribution < 1.29 is 0 Å². The first-order chi connectivity index (χ1) is 6.28. The van der Waals surface area contributed by atoms with Gasteiger partial charge in [-0.1, -0.05) is 13.3 Å². The van der Waals surface area contributed by atoms with Gasteiger partial charge >= 0.3 is 0 Å². The Morgan fingerprint density at radius 2 is 2.15 bits per heavy atom. The van der Waals surface area contributed by atoms with Crippen molar-refractivity contribution in [1.29, 1.82) is 0 Å². The van der Waals surface area contributed by atoms with Crippen LogP contribution in [0.5, 0.6) is 0 Å². The second kappa shape index (κ2) is 3.58. The topological polar surface area (TPSA) is 38.0 Å². The fraction of sp³-hybridized carbons (Fsp3) is 1.00. The maximum Gasteiger partial charge on any atom is 0.0309 e. The normalized spacial score (nSPS) is 39.7. The lowest BCUT2D eigenvalue weighted by molar-refractivity contribution is 0.322. The average Bonchev–Trinajstić information content (AvgIpc) is 2.85. The van der Waals surface area contributed by atoms with Crippen LogP contribution in [0.1, 0.15) is 45.4 Å². The lowest BCUT2D eigenvalue weighted by Gasteiger charge is -2.29. The summed E-state index contributed by atoms with van der Waals surface area (Å²) >= 11 is 0. The van der Waals surface area contributed by atoms with Gasteiger partial charge in [0, 0.05) is 18.1 Å². The highest BCUT2D eigenvalue weighted by Gasteiger charge is 2.40. The molecule has 0 spiro atoms. The van der Waals surface area contributed by atoms with Crippen LogP contribution in [0, 0.1) is 5.92 Å². The van der Waals surface area contributed by atoms with E-state index in [0.717, 1.165) is 18.5 Å². The van der Waals surface area contributed by atoms with Gasteiger partial charge in [-0.05, 0) is 38.0 Å². The summed E-state index contributed by atoms with van der Waals surface area (Å²) < 4.78 is 0. The first kappa shape index (κ1) is 9.47. The van der Waals surface area contributed by atoms with E-state index in [9.17, 15) is 0 Å². The van der Waals surface area contributed by atoms with E-state index in [-0.39, 0.29) is 0 Å². The molecule has 0 saturated heterocycles. The van der Waals surface area contributed by atoms with Crippen LogP contribution >= 0.6 is 0 Å². The summed E-state index contributed by atoms with van der Waals surface area (Å²) in [5, 5.41) is 3.76. The van der Waals surface area contributed by atoms with Gasteiger partial charge in [-0.25, -0.2) is 0 Å². The Bertz CT molecular complexity index is 177. The lowest BCUT2D eigenvalue weighted by Crippen LogP contribution is -2.50. The molecule has 2 aliphatic carbocycles. The zero-order valence-electron chi connectivity index (χ0n) is 8.68. The molecule has 0 aromatic carbocycles. The van der Waals surface area contributed by atoms with Crippen molar-refractivity contribution in [3.05, 3.63) is 0 Å². The Hall–Kier alpha value is -0.0800. The Morgan fingerprint density at radius 3 is 2.62 bits per heavy atom. The Balaban J connectivity index is 1.91. The summed E-state index contributed by atoms with van der Waals surface area (Å²) in [6, 6.07) is 0.805. The van der Waals surface area contributed by atoms with Gasteiger partial charge in [-0.3, -0.25) is 0 Å². The minimum absolute atomic E-state index is 0.321. The first-order valence-electron chi connectivity index (χ1n) is 5.76. The molecule has 2 nitrogen and oxygen atoms in total. The summed E-state index contributed by atoms with van der Waals surface area (Å²) in [4.78, 5) is 0. The van der Waals surface area contributed by atoms with Gasteiger partial charge in [0.05, 0.1) is 0 Å².